The summed E-state index contributed by atoms with van der Waals surface area (Å²) in [5.74, 6) is 3.49. The Morgan fingerprint density at radius 1 is 0.240 bits per heavy atom. The third-order valence-corrected chi connectivity index (χ3v) is 16.6. The first-order valence-electron chi connectivity index (χ1n) is 25.9. The smallest absolute Gasteiger partial charge is 0.132 e. The van der Waals surface area contributed by atoms with Crippen molar-refractivity contribution in [1.82, 2.24) is 0 Å². The van der Waals surface area contributed by atoms with Crippen molar-refractivity contribution < 1.29 is 9.47 Å². The molecule has 0 aromatic heterocycles. The average Bonchev–Trinajstić information content (AvgIpc) is 4.14. The lowest BCUT2D eigenvalue weighted by atomic mass is 9.65. The summed E-state index contributed by atoms with van der Waals surface area (Å²) in [6, 6.07) is 100. The molecule has 16 rings (SSSR count). The van der Waals surface area contributed by atoms with Gasteiger partial charge in [0.05, 0.1) is 16.5 Å². The predicted molar refractivity (Wildman–Crippen MR) is 304 cm³/mol. The standard InChI is InChI=1S/C72H45NO2/c1-2-18-46(19-3-1)47-34-36-48(37-35-47)53-22-8-14-30-66(53)73(51-38-40-56-54-23-6-9-25-58(54)71(63(56)44-51)60-27-11-15-31-67(60)74-68-32-16-12-28-61(68)71)52-39-41-57-55-24-7-10-26-59(55)72(64(57)45-52)62-29-13-17-33-69(62)75-70-43-50-21-5-4-20-49(50)42-65(70)72/h1-45H. The largest absolute Gasteiger partial charge is 0.457 e. The Hall–Kier alpha value is -9.70. The molecule has 1 atom stereocenters. The number of fused-ring (bicyclic) bond motifs is 19. The maximum Gasteiger partial charge on any atom is 0.132 e. The highest BCUT2D eigenvalue weighted by Gasteiger charge is 2.53. The highest BCUT2D eigenvalue weighted by molar-refractivity contribution is 5.97. The molecular weight excluding hydrogens is 911 g/mol. The molecule has 0 bridgehead atoms. The lowest BCUT2D eigenvalue weighted by Gasteiger charge is -2.40. The SMILES string of the molecule is c1ccc(-c2ccc(-c3ccccc3N(c3ccc4c(c3)C3(c5ccccc5Oc5ccccc53)c3ccccc3-4)c3ccc4c(c3)C3(c5ccccc5Oc5cc6ccccc6cc53)c3ccccc3-4)cc2)cc1. The highest BCUT2D eigenvalue weighted by atomic mass is 16.5. The summed E-state index contributed by atoms with van der Waals surface area (Å²) in [4.78, 5) is 2.51. The molecular formula is C72H45NO2. The Morgan fingerprint density at radius 3 is 1.21 bits per heavy atom. The van der Waals surface area contributed by atoms with Crippen LogP contribution in [-0.2, 0) is 10.8 Å². The Kier molecular flexibility index (Phi) is 8.88. The van der Waals surface area contributed by atoms with Gasteiger partial charge < -0.3 is 14.4 Å². The number of rotatable bonds is 5. The molecule has 2 spiro atoms. The van der Waals surface area contributed by atoms with Gasteiger partial charge in [-0.3, -0.25) is 0 Å². The van der Waals surface area contributed by atoms with E-state index in [1.165, 1.54) is 61.0 Å². The molecule has 2 aliphatic heterocycles. The van der Waals surface area contributed by atoms with Crippen LogP contribution in [-0.4, -0.2) is 0 Å². The van der Waals surface area contributed by atoms with Crippen LogP contribution in [0, 0.1) is 0 Å². The first kappa shape index (κ1) is 41.9. The van der Waals surface area contributed by atoms with Crippen LogP contribution in [0.2, 0.25) is 0 Å². The Balaban J connectivity index is 0.980. The predicted octanol–water partition coefficient (Wildman–Crippen LogP) is 18.6. The highest BCUT2D eigenvalue weighted by Crippen LogP contribution is 2.65. The molecule has 0 radical (unpaired) electrons. The van der Waals surface area contributed by atoms with Crippen molar-refractivity contribution in [3.8, 4) is 67.5 Å². The molecule has 1 unspecified atom stereocenters. The molecule has 0 saturated carbocycles. The van der Waals surface area contributed by atoms with Crippen LogP contribution in [0.5, 0.6) is 23.0 Å². The van der Waals surface area contributed by atoms with E-state index in [-0.39, 0.29) is 0 Å². The summed E-state index contributed by atoms with van der Waals surface area (Å²) < 4.78 is 13.8. The van der Waals surface area contributed by atoms with Gasteiger partial charge in [0.1, 0.15) is 23.0 Å². The first-order valence-corrected chi connectivity index (χ1v) is 25.9. The normalized spacial score (nSPS) is 15.3. The molecule has 3 heteroatoms. The number of hydrogen-bond donors (Lipinski definition) is 0. The van der Waals surface area contributed by atoms with Crippen molar-refractivity contribution in [1.29, 1.82) is 0 Å². The quantitative estimate of drug-likeness (QED) is 0.172. The molecule has 2 heterocycles. The second-order valence-corrected chi connectivity index (χ2v) is 20.2. The lowest BCUT2D eigenvalue weighted by Crippen LogP contribution is -2.32. The van der Waals surface area contributed by atoms with Gasteiger partial charge in [0.25, 0.3) is 0 Å². The van der Waals surface area contributed by atoms with Gasteiger partial charge in [-0.25, -0.2) is 0 Å². The van der Waals surface area contributed by atoms with Crippen LogP contribution in [0.4, 0.5) is 17.1 Å². The van der Waals surface area contributed by atoms with Gasteiger partial charge in [-0.2, -0.15) is 0 Å². The summed E-state index contributed by atoms with van der Waals surface area (Å²) in [5, 5.41) is 2.33. The van der Waals surface area contributed by atoms with Gasteiger partial charge in [0.2, 0.25) is 0 Å². The van der Waals surface area contributed by atoms with Crippen LogP contribution in [0.1, 0.15) is 44.5 Å². The molecule has 0 amide bonds. The number of nitrogens with zero attached hydrogens (tertiary/aromatic N) is 1. The van der Waals surface area contributed by atoms with Gasteiger partial charge in [-0.05, 0) is 133 Å². The third-order valence-electron chi connectivity index (χ3n) is 16.6. The van der Waals surface area contributed by atoms with Crippen LogP contribution in [0.15, 0.2) is 273 Å². The van der Waals surface area contributed by atoms with E-state index in [1.54, 1.807) is 0 Å². The minimum Gasteiger partial charge on any atom is -0.457 e. The number of hydrogen-bond acceptors (Lipinski definition) is 3. The van der Waals surface area contributed by atoms with Gasteiger partial charge in [-0.15, -0.1) is 0 Å². The Labute approximate surface area is 435 Å². The van der Waals surface area contributed by atoms with E-state index in [4.69, 9.17) is 9.47 Å². The molecule has 12 aromatic carbocycles. The second kappa shape index (κ2) is 15.9. The van der Waals surface area contributed by atoms with E-state index in [0.29, 0.717) is 0 Å². The fourth-order valence-electron chi connectivity index (χ4n) is 13.5. The zero-order valence-electron chi connectivity index (χ0n) is 40.7. The Bertz CT molecular complexity index is 4280. The minimum absolute atomic E-state index is 0.645. The van der Waals surface area contributed by atoms with E-state index >= 15 is 0 Å². The van der Waals surface area contributed by atoms with Crippen molar-refractivity contribution in [3.63, 3.8) is 0 Å². The second-order valence-electron chi connectivity index (χ2n) is 20.2. The maximum absolute atomic E-state index is 6.97. The van der Waals surface area contributed by atoms with Gasteiger partial charge in [0.15, 0.2) is 0 Å². The molecule has 2 aliphatic carbocycles. The fraction of sp³-hybridized carbons (Fsp3) is 0.0278. The third kappa shape index (κ3) is 5.81. The zero-order chi connectivity index (χ0) is 49.2. The van der Waals surface area contributed by atoms with E-state index in [0.717, 1.165) is 78.8 Å². The molecule has 0 fully saturated rings. The molecule has 350 valence electrons. The average molecular weight is 956 g/mol. The summed E-state index contributed by atoms with van der Waals surface area (Å²) in [6.07, 6.45) is 0. The van der Waals surface area contributed by atoms with Crippen molar-refractivity contribution in [2.24, 2.45) is 0 Å². The van der Waals surface area contributed by atoms with E-state index in [1.807, 2.05) is 0 Å². The van der Waals surface area contributed by atoms with Crippen LogP contribution >= 0.6 is 0 Å². The minimum atomic E-state index is -0.687. The van der Waals surface area contributed by atoms with Gasteiger partial charge >= 0.3 is 0 Å². The fourth-order valence-corrected chi connectivity index (χ4v) is 13.5. The molecule has 4 aliphatic rings. The van der Waals surface area contributed by atoms with Crippen LogP contribution in [0.3, 0.4) is 0 Å². The van der Waals surface area contributed by atoms with E-state index < -0.39 is 10.8 Å². The maximum atomic E-state index is 6.97. The Morgan fingerprint density at radius 2 is 0.640 bits per heavy atom. The van der Waals surface area contributed by atoms with Crippen molar-refractivity contribution in [2.75, 3.05) is 4.90 Å². The summed E-state index contributed by atoms with van der Waals surface area (Å²) >= 11 is 0. The number of ether oxygens (including phenoxy) is 2. The number of benzene rings is 12. The molecule has 12 aromatic rings. The number of anilines is 3. The number of para-hydroxylation sites is 4. The van der Waals surface area contributed by atoms with E-state index in [2.05, 4.69) is 278 Å². The zero-order valence-corrected chi connectivity index (χ0v) is 40.7. The van der Waals surface area contributed by atoms with Crippen molar-refractivity contribution in [2.45, 2.75) is 10.8 Å². The first-order chi connectivity index (χ1) is 37.2. The summed E-state index contributed by atoms with van der Waals surface area (Å²) in [7, 11) is 0. The van der Waals surface area contributed by atoms with Gasteiger partial charge in [-0.1, -0.05) is 212 Å². The van der Waals surface area contributed by atoms with Crippen molar-refractivity contribution >= 4 is 27.8 Å². The molecule has 75 heavy (non-hydrogen) atoms. The van der Waals surface area contributed by atoms with E-state index in [9.17, 15) is 0 Å². The van der Waals surface area contributed by atoms with Crippen molar-refractivity contribution in [3.05, 3.63) is 317 Å². The topological polar surface area (TPSA) is 21.7 Å². The lowest BCUT2D eigenvalue weighted by molar-refractivity contribution is 0.436. The molecule has 0 N–H and O–H groups in total. The summed E-state index contributed by atoms with van der Waals surface area (Å²) in [6.45, 7) is 0. The van der Waals surface area contributed by atoms with Gasteiger partial charge in [0, 0.05) is 39.2 Å². The summed E-state index contributed by atoms with van der Waals surface area (Å²) in [5.41, 5.74) is 20.9. The monoisotopic (exact) mass is 955 g/mol. The van der Waals surface area contributed by atoms with Crippen LogP contribution < -0.4 is 14.4 Å². The van der Waals surface area contributed by atoms with Crippen LogP contribution in [0.25, 0.3) is 55.3 Å². The molecule has 0 saturated heterocycles. The molecule has 3 nitrogen and oxygen atoms in total.